The van der Waals surface area contributed by atoms with Gasteiger partial charge in [-0.1, -0.05) is 18.2 Å². The van der Waals surface area contributed by atoms with Gasteiger partial charge in [0.2, 0.25) is 0 Å². The molecule has 1 fully saturated rings. The minimum atomic E-state index is -0.283. The summed E-state index contributed by atoms with van der Waals surface area (Å²) in [6.07, 6.45) is 0. The Hall–Kier alpha value is -1.86. The van der Waals surface area contributed by atoms with Gasteiger partial charge >= 0.3 is 0 Å². The third-order valence-corrected chi connectivity index (χ3v) is 4.48. The van der Waals surface area contributed by atoms with Gasteiger partial charge in [0.1, 0.15) is 11.9 Å². The molecule has 1 aromatic heterocycles. The van der Waals surface area contributed by atoms with Crippen molar-refractivity contribution in [2.45, 2.75) is 32.4 Å². The van der Waals surface area contributed by atoms with Crippen LogP contribution in [0.25, 0.3) is 0 Å². The van der Waals surface area contributed by atoms with E-state index in [1.807, 2.05) is 16.8 Å². The fraction of sp³-hybridized carbons (Fsp3) is 0.588. The lowest BCUT2D eigenvalue weighted by molar-refractivity contribution is 0.117. The third kappa shape index (κ3) is 3.32. The smallest absolute Gasteiger partial charge is 0.173 e. The Morgan fingerprint density at radius 2 is 1.75 bits per heavy atom. The molecule has 0 radical (unpaired) electrons. The molecular formula is C17H25FN6. The van der Waals surface area contributed by atoms with E-state index in [1.54, 1.807) is 6.07 Å². The molecule has 0 bridgehead atoms. The molecule has 0 unspecified atom stereocenters. The predicted octanol–water partition coefficient (Wildman–Crippen LogP) is 1.90. The van der Waals surface area contributed by atoms with Gasteiger partial charge < -0.3 is 4.90 Å². The van der Waals surface area contributed by atoms with Gasteiger partial charge in [0.15, 0.2) is 5.82 Å². The van der Waals surface area contributed by atoms with Crippen LogP contribution in [0.2, 0.25) is 0 Å². The molecule has 1 atom stereocenters. The van der Waals surface area contributed by atoms with E-state index in [2.05, 4.69) is 53.1 Å². The maximum Gasteiger partial charge on any atom is 0.173 e. The molecule has 1 aliphatic heterocycles. The van der Waals surface area contributed by atoms with Crippen LogP contribution in [-0.2, 0) is 5.54 Å². The van der Waals surface area contributed by atoms with Crippen molar-refractivity contribution in [3.05, 3.63) is 41.5 Å². The number of nitrogens with zero attached hydrogens (tertiary/aromatic N) is 6. The highest BCUT2D eigenvalue weighted by Gasteiger charge is 2.34. The molecule has 1 aliphatic rings. The predicted molar refractivity (Wildman–Crippen MR) is 90.1 cm³/mol. The Balaban J connectivity index is 2.06. The van der Waals surface area contributed by atoms with E-state index in [0.29, 0.717) is 11.4 Å². The van der Waals surface area contributed by atoms with Crippen LogP contribution in [0.5, 0.6) is 0 Å². The molecule has 0 spiro atoms. The molecule has 7 heteroatoms. The molecular weight excluding hydrogens is 307 g/mol. The summed E-state index contributed by atoms with van der Waals surface area (Å²) in [4.78, 5) is 4.55. The number of tetrazole rings is 1. The van der Waals surface area contributed by atoms with Crippen molar-refractivity contribution in [1.29, 1.82) is 0 Å². The highest BCUT2D eigenvalue weighted by Crippen LogP contribution is 2.31. The Morgan fingerprint density at radius 1 is 1.08 bits per heavy atom. The summed E-state index contributed by atoms with van der Waals surface area (Å²) in [6.45, 7) is 9.75. The number of likely N-dealkylation sites (N-methyl/N-ethyl adjacent to an activating group) is 1. The van der Waals surface area contributed by atoms with Gasteiger partial charge in [-0.25, -0.2) is 9.07 Å². The van der Waals surface area contributed by atoms with Crippen molar-refractivity contribution in [3.8, 4) is 0 Å². The van der Waals surface area contributed by atoms with E-state index in [-0.39, 0.29) is 17.4 Å². The minimum Gasteiger partial charge on any atom is -0.304 e. The lowest BCUT2D eigenvalue weighted by Crippen LogP contribution is -2.47. The van der Waals surface area contributed by atoms with Gasteiger partial charge in [-0.3, -0.25) is 4.90 Å². The van der Waals surface area contributed by atoms with Crippen LogP contribution >= 0.6 is 0 Å². The molecule has 2 aromatic rings. The van der Waals surface area contributed by atoms with Crippen LogP contribution in [0.1, 0.15) is 38.2 Å². The van der Waals surface area contributed by atoms with Crippen LogP contribution in [0.4, 0.5) is 4.39 Å². The molecule has 0 amide bonds. The number of hydrogen-bond donors (Lipinski definition) is 0. The molecule has 6 nitrogen and oxygen atoms in total. The largest absolute Gasteiger partial charge is 0.304 e. The van der Waals surface area contributed by atoms with Gasteiger partial charge in [0, 0.05) is 31.7 Å². The Bertz CT molecular complexity index is 684. The van der Waals surface area contributed by atoms with E-state index in [0.717, 1.165) is 26.2 Å². The summed E-state index contributed by atoms with van der Waals surface area (Å²) < 4.78 is 16.4. The zero-order chi connectivity index (χ0) is 17.3. The van der Waals surface area contributed by atoms with Crippen molar-refractivity contribution in [2.24, 2.45) is 0 Å². The fourth-order valence-electron chi connectivity index (χ4n) is 3.12. The van der Waals surface area contributed by atoms with Crippen molar-refractivity contribution >= 4 is 0 Å². The molecule has 1 saturated heterocycles. The number of benzene rings is 1. The maximum absolute atomic E-state index is 14.6. The van der Waals surface area contributed by atoms with E-state index in [4.69, 9.17) is 0 Å². The van der Waals surface area contributed by atoms with Crippen molar-refractivity contribution in [1.82, 2.24) is 30.0 Å². The van der Waals surface area contributed by atoms with E-state index in [9.17, 15) is 4.39 Å². The first kappa shape index (κ1) is 17.0. The summed E-state index contributed by atoms with van der Waals surface area (Å²) in [5.74, 6) is 0.474. The van der Waals surface area contributed by atoms with Gasteiger partial charge in [-0.05, 0) is 44.3 Å². The number of rotatable bonds is 3. The normalized spacial score (nSPS) is 18.7. The van der Waals surface area contributed by atoms with Crippen molar-refractivity contribution < 1.29 is 4.39 Å². The third-order valence-electron chi connectivity index (χ3n) is 4.48. The number of piperazine rings is 1. The first-order chi connectivity index (χ1) is 11.4. The SMILES string of the molecule is CN1CCN([C@H](c2ccccc2F)c2nnnn2C(C)(C)C)CC1. The van der Waals surface area contributed by atoms with Crippen LogP contribution in [0.15, 0.2) is 24.3 Å². The van der Waals surface area contributed by atoms with Crippen LogP contribution in [0, 0.1) is 5.82 Å². The first-order valence-corrected chi connectivity index (χ1v) is 8.33. The van der Waals surface area contributed by atoms with Gasteiger partial charge in [-0.2, -0.15) is 0 Å². The highest BCUT2D eigenvalue weighted by atomic mass is 19.1. The highest BCUT2D eigenvalue weighted by molar-refractivity contribution is 5.27. The summed E-state index contributed by atoms with van der Waals surface area (Å²) in [7, 11) is 2.11. The average molecular weight is 332 g/mol. The molecule has 2 heterocycles. The topological polar surface area (TPSA) is 50.1 Å². The molecule has 1 aromatic carbocycles. The molecule has 0 saturated carbocycles. The van der Waals surface area contributed by atoms with E-state index >= 15 is 0 Å². The van der Waals surface area contributed by atoms with Crippen molar-refractivity contribution in [2.75, 3.05) is 33.2 Å². The average Bonchev–Trinajstić information content (AvgIpc) is 3.01. The van der Waals surface area contributed by atoms with E-state index in [1.165, 1.54) is 6.07 Å². The second-order valence-electron chi connectivity index (χ2n) is 7.38. The molecule has 0 N–H and O–H groups in total. The second-order valence-corrected chi connectivity index (χ2v) is 7.38. The second kappa shape index (κ2) is 6.57. The summed E-state index contributed by atoms with van der Waals surface area (Å²) in [5.41, 5.74) is 0.358. The lowest BCUT2D eigenvalue weighted by Gasteiger charge is -2.38. The Kier molecular flexibility index (Phi) is 4.64. The zero-order valence-corrected chi connectivity index (χ0v) is 14.8. The zero-order valence-electron chi connectivity index (χ0n) is 14.8. The molecule has 0 aliphatic carbocycles. The molecule has 130 valence electrons. The quantitative estimate of drug-likeness (QED) is 0.859. The number of hydrogen-bond acceptors (Lipinski definition) is 5. The summed E-state index contributed by atoms with van der Waals surface area (Å²) in [6, 6.07) is 6.64. The Labute approximate surface area is 142 Å². The van der Waals surface area contributed by atoms with Gasteiger partial charge in [-0.15, -0.1) is 5.10 Å². The molecule has 24 heavy (non-hydrogen) atoms. The monoisotopic (exact) mass is 332 g/mol. The van der Waals surface area contributed by atoms with Gasteiger partial charge in [0.25, 0.3) is 0 Å². The Morgan fingerprint density at radius 3 is 2.38 bits per heavy atom. The maximum atomic E-state index is 14.6. The summed E-state index contributed by atoms with van der Waals surface area (Å²) in [5, 5.41) is 12.3. The van der Waals surface area contributed by atoms with Crippen LogP contribution < -0.4 is 0 Å². The minimum absolute atomic E-state index is 0.218. The van der Waals surface area contributed by atoms with Crippen LogP contribution in [-0.4, -0.2) is 63.2 Å². The van der Waals surface area contributed by atoms with Gasteiger partial charge in [0.05, 0.1) is 5.54 Å². The fourth-order valence-corrected chi connectivity index (χ4v) is 3.12. The number of halogens is 1. The lowest BCUT2D eigenvalue weighted by atomic mass is 10.0. The number of aromatic nitrogens is 4. The molecule has 3 rings (SSSR count). The van der Waals surface area contributed by atoms with Crippen LogP contribution in [0.3, 0.4) is 0 Å². The summed E-state index contributed by atoms with van der Waals surface area (Å²) >= 11 is 0. The first-order valence-electron chi connectivity index (χ1n) is 8.33. The van der Waals surface area contributed by atoms with Crippen molar-refractivity contribution in [3.63, 3.8) is 0 Å². The standard InChI is InChI=1S/C17H25FN6/c1-17(2,3)24-16(19-20-21-24)15(13-7-5-6-8-14(13)18)23-11-9-22(4)10-12-23/h5-8,15H,9-12H2,1-4H3/t15-/m1/s1. The van der Waals surface area contributed by atoms with E-state index < -0.39 is 0 Å².